The molecule has 0 fully saturated rings. The summed E-state index contributed by atoms with van der Waals surface area (Å²) in [4.78, 5) is 27.5. The van der Waals surface area contributed by atoms with Crippen LogP contribution in [0.15, 0.2) is 88.2 Å². The van der Waals surface area contributed by atoms with Gasteiger partial charge in [0.25, 0.3) is 0 Å². The van der Waals surface area contributed by atoms with Gasteiger partial charge in [-0.15, -0.1) is 0 Å². The van der Waals surface area contributed by atoms with Crippen LogP contribution in [-0.4, -0.2) is 89.2 Å². The fourth-order valence-electron chi connectivity index (χ4n) is 4.97. The van der Waals surface area contributed by atoms with Crippen LogP contribution < -0.4 is 5.32 Å². The summed E-state index contributed by atoms with van der Waals surface area (Å²) < 4.78 is 49.6. The molecule has 0 atom stereocenters. The fraction of sp³-hybridized carbons (Fsp3) is 0.344. The number of rotatable bonds is 13. The number of methoxy groups -OCH3 is 2. The van der Waals surface area contributed by atoms with Gasteiger partial charge >= 0.3 is 11.9 Å². The maximum atomic E-state index is 13.7. The van der Waals surface area contributed by atoms with E-state index in [1.807, 2.05) is 30.3 Å². The van der Waals surface area contributed by atoms with Gasteiger partial charge in [0, 0.05) is 57.0 Å². The van der Waals surface area contributed by atoms with Crippen LogP contribution in [0.4, 0.5) is 0 Å². The number of ether oxygens (including phenoxy) is 4. The van der Waals surface area contributed by atoms with Gasteiger partial charge in [-0.2, -0.15) is 5.10 Å². The number of allylic oxidation sites excluding steroid dienone is 2. The summed E-state index contributed by atoms with van der Waals surface area (Å²) in [6, 6.07) is 15.7. The molecule has 0 saturated carbocycles. The third-order valence-corrected chi connectivity index (χ3v) is 9.05. The molecule has 4 rings (SSSR count). The average Bonchev–Trinajstić information content (AvgIpc) is 3.46. The van der Waals surface area contributed by atoms with E-state index in [2.05, 4.69) is 5.32 Å². The van der Waals surface area contributed by atoms with Crippen LogP contribution in [0.5, 0.6) is 0 Å². The average molecular weight is 639 g/mol. The van der Waals surface area contributed by atoms with Gasteiger partial charge in [0.05, 0.1) is 46.6 Å². The first-order valence-electron chi connectivity index (χ1n) is 14.2. The molecular weight excluding hydrogens is 600 g/mol. The largest absolute Gasteiger partial charge is 0.460 e. The SMILES string of the molecule is COCCOC(=O)C1=C(C)NC(C)=C(C(=O)OCCOC)C1c1cn(-c2ccccc2)nc1-c1ccc(S(=O)(=O)N(C)C)cc1. The Balaban J connectivity index is 1.95. The summed E-state index contributed by atoms with van der Waals surface area (Å²) in [6.07, 6.45) is 1.76. The molecule has 2 aromatic carbocycles. The van der Waals surface area contributed by atoms with Crippen LogP contribution in [-0.2, 0) is 38.6 Å². The molecule has 0 bridgehead atoms. The Hall–Kier alpha value is -4.30. The summed E-state index contributed by atoms with van der Waals surface area (Å²) in [7, 11) is 2.25. The van der Waals surface area contributed by atoms with Crippen LogP contribution in [0.25, 0.3) is 16.9 Å². The van der Waals surface area contributed by atoms with Gasteiger partial charge in [0.15, 0.2) is 0 Å². The molecule has 1 aliphatic heterocycles. The van der Waals surface area contributed by atoms with E-state index in [1.165, 1.54) is 40.4 Å². The first-order chi connectivity index (χ1) is 21.5. The van der Waals surface area contributed by atoms with Gasteiger partial charge in [0.2, 0.25) is 10.0 Å². The number of nitrogens with one attached hydrogen (secondary N) is 1. The van der Waals surface area contributed by atoms with E-state index in [9.17, 15) is 18.0 Å². The van der Waals surface area contributed by atoms with Crippen molar-refractivity contribution < 1.29 is 37.0 Å². The molecule has 0 unspecified atom stereocenters. The number of hydrogen-bond acceptors (Lipinski definition) is 10. The van der Waals surface area contributed by atoms with Crippen molar-refractivity contribution in [1.82, 2.24) is 19.4 Å². The molecule has 3 aromatic rings. The van der Waals surface area contributed by atoms with Crippen molar-refractivity contribution in [3.63, 3.8) is 0 Å². The van der Waals surface area contributed by atoms with Crippen LogP contribution >= 0.6 is 0 Å². The lowest BCUT2D eigenvalue weighted by atomic mass is 9.79. The maximum Gasteiger partial charge on any atom is 0.336 e. The Morgan fingerprint density at radius 1 is 0.844 bits per heavy atom. The number of nitrogens with zero attached hydrogens (tertiary/aromatic N) is 3. The van der Waals surface area contributed by atoms with Crippen molar-refractivity contribution in [3.05, 3.63) is 88.9 Å². The molecule has 0 spiro atoms. The molecule has 0 saturated heterocycles. The topological polar surface area (TPSA) is 138 Å². The lowest BCUT2D eigenvalue weighted by Crippen LogP contribution is -2.33. The number of hydrogen-bond donors (Lipinski definition) is 1. The Kier molecular flexibility index (Phi) is 10.9. The number of sulfonamides is 1. The summed E-state index contributed by atoms with van der Waals surface area (Å²) in [5.41, 5.74) is 3.67. The molecule has 13 heteroatoms. The lowest BCUT2D eigenvalue weighted by molar-refractivity contribution is -0.141. The Morgan fingerprint density at radius 2 is 1.38 bits per heavy atom. The fourth-order valence-corrected chi connectivity index (χ4v) is 5.87. The second-order valence-corrected chi connectivity index (χ2v) is 12.6. The molecule has 12 nitrogen and oxygen atoms in total. The monoisotopic (exact) mass is 638 g/mol. The van der Waals surface area contributed by atoms with Crippen molar-refractivity contribution >= 4 is 22.0 Å². The zero-order chi connectivity index (χ0) is 32.7. The molecule has 1 aliphatic rings. The molecular formula is C32H38N4O8S. The number of benzene rings is 2. The molecule has 240 valence electrons. The third-order valence-electron chi connectivity index (χ3n) is 7.22. The number of esters is 2. The first kappa shape index (κ1) is 33.6. The van der Waals surface area contributed by atoms with Crippen LogP contribution in [0, 0.1) is 0 Å². The third kappa shape index (κ3) is 7.34. The molecule has 0 radical (unpaired) electrons. The summed E-state index contributed by atoms with van der Waals surface area (Å²) >= 11 is 0. The van der Waals surface area contributed by atoms with E-state index < -0.39 is 27.9 Å². The van der Waals surface area contributed by atoms with Crippen molar-refractivity contribution in [2.45, 2.75) is 24.7 Å². The van der Waals surface area contributed by atoms with Crippen LogP contribution in [0.3, 0.4) is 0 Å². The van der Waals surface area contributed by atoms with Gasteiger partial charge < -0.3 is 24.3 Å². The Labute approximate surface area is 263 Å². The molecule has 1 N–H and O–H groups in total. The van der Waals surface area contributed by atoms with Gasteiger partial charge in [-0.1, -0.05) is 30.3 Å². The number of carbonyl (C=O) groups is 2. The Bertz CT molecular complexity index is 1650. The van der Waals surface area contributed by atoms with Crippen molar-refractivity contribution in [2.75, 3.05) is 54.7 Å². The van der Waals surface area contributed by atoms with Crippen molar-refractivity contribution in [3.8, 4) is 16.9 Å². The summed E-state index contributed by atoms with van der Waals surface area (Å²) in [5.74, 6) is -2.22. The summed E-state index contributed by atoms with van der Waals surface area (Å²) in [6.45, 7) is 3.87. The molecule has 1 aromatic heterocycles. The smallest absolute Gasteiger partial charge is 0.336 e. The molecule has 0 amide bonds. The Morgan fingerprint density at radius 3 is 1.87 bits per heavy atom. The highest BCUT2D eigenvalue weighted by molar-refractivity contribution is 7.89. The van der Waals surface area contributed by atoms with Gasteiger partial charge in [-0.25, -0.2) is 27.0 Å². The van der Waals surface area contributed by atoms with E-state index in [0.29, 0.717) is 28.2 Å². The minimum absolute atomic E-state index is 0.00704. The van der Waals surface area contributed by atoms with Gasteiger partial charge in [-0.3, -0.25) is 0 Å². The molecule has 0 aliphatic carbocycles. The van der Waals surface area contributed by atoms with E-state index >= 15 is 0 Å². The number of para-hydroxylation sites is 1. The van der Waals surface area contributed by atoms with Crippen LogP contribution in [0.2, 0.25) is 0 Å². The second-order valence-electron chi connectivity index (χ2n) is 10.4. The lowest BCUT2D eigenvalue weighted by Gasteiger charge is -2.30. The van der Waals surface area contributed by atoms with Crippen molar-refractivity contribution in [1.29, 1.82) is 0 Å². The number of aromatic nitrogens is 2. The van der Waals surface area contributed by atoms with Gasteiger partial charge in [0.1, 0.15) is 13.2 Å². The van der Waals surface area contributed by atoms with Crippen molar-refractivity contribution in [2.24, 2.45) is 0 Å². The summed E-state index contributed by atoms with van der Waals surface area (Å²) in [5, 5.41) is 8.04. The standard InChI is InChI=1S/C32H38N4O8S/c1-21-27(31(37)43-18-16-41-5)29(28(22(2)33-21)32(38)44-19-17-42-6)26-20-36(24-10-8-7-9-11-24)34-30(26)23-12-14-25(15-13-23)45(39,40)35(3)4/h7-15,20,29,33H,16-19H2,1-6H3. The predicted molar refractivity (Wildman–Crippen MR) is 167 cm³/mol. The molecule has 45 heavy (non-hydrogen) atoms. The zero-order valence-electron chi connectivity index (χ0n) is 26.2. The minimum Gasteiger partial charge on any atom is -0.460 e. The van der Waals surface area contributed by atoms with Gasteiger partial charge in [-0.05, 0) is 38.1 Å². The zero-order valence-corrected chi connectivity index (χ0v) is 27.0. The number of dihydropyridines is 1. The normalized spacial score (nSPS) is 14.1. The second kappa shape index (κ2) is 14.7. The van der Waals surface area contributed by atoms with E-state index in [1.54, 1.807) is 36.9 Å². The number of carbonyl (C=O) groups excluding carboxylic acids is 2. The van der Waals surface area contributed by atoms with E-state index in [0.717, 1.165) is 9.99 Å². The van der Waals surface area contributed by atoms with E-state index in [-0.39, 0.29) is 42.5 Å². The maximum absolute atomic E-state index is 13.7. The molecule has 2 heterocycles. The predicted octanol–water partition coefficient (Wildman–Crippen LogP) is 3.40. The highest BCUT2D eigenvalue weighted by Gasteiger charge is 2.40. The van der Waals surface area contributed by atoms with Crippen LogP contribution in [0.1, 0.15) is 25.3 Å². The highest BCUT2D eigenvalue weighted by Crippen LogP contribution is 2.43. The highest BCUT2D eigenvalue weighted by atomic mass is 32.2. The van der Waals surface area contributed by atoms with E-state index in [4.69, 9.17) is 24.0 Å². The quantitative estimate of drug-likeness (QED) is 0.219. The first-order valence-corrected chi connectivity index (χ1v) is 15.6. The minimum atomic E-state index is -3.68.